The third-order valence-electron chi connectivity index (χ3n) is 1.03. The first-order chi connectivity index (χ1) is 4.83. The van der Waals surface area contributed by atoms with Gasteiger partial charge in [0.15, 0.2) is 0 Å². The average molecular weight is 138 g/mol. The molecule has 0 amide bonds. The van der Waals surface area contributed by atoms with Crippen molar-refractivity contribution in [2.24, 2.45) is 0 Å². The van der Waals surface area contributed by atoms with Crippen LogP contribution in [0.5, 0.6) is 5.88 Å². The zero-order chi connectivity index (χ0) is 7.40. The normalized spacial score (nSPS) is 9.30. The number of hydrogen-bond acceptors (Lipinski definition) is 2. The summed E-state index contributed by atoms with van der Waals surface area (Å²) < 4.78 is 5.12. The predicted octanol–water partition coefficient (Wildman–Crippen LogP) is 1.28. The van der Waals surface area contributed by atoms with Gasteiger partial charge in [-0.15, -0.1) is 5.10 Å². The van der Waals surface area contributed by atoms with Crippen LogP contribution in [0.25, 0.3) is 0 Å². The molecule has 0 spiro atoms. The molecule has 1 aromatic heterocycles. The Morgan fingerprint density at radius 2 is 2.70 bits per heavy atom. The van der Waals surface area contributed by atoms with E-state index < -0.39 is 0 Å². The molecule has 0 aliphatic carbocycles. The molecule has 0 bridgehead atoms. The van der Waals surface area contributed by atoms with Crippen LogP contribution in [0.4, 0.5) is 0 Å². The van der Waals surface area contributed by atoms with Gasteiger partial charge in [-0.3, -0.25) is 5.10 Å². The number of rotatable bonds is 3. The molecule has 0 saturated carbocycles. The first kappa shape index (κ1) is 6.86. The van der Waals surface area contributed by atoms with Crippen LogP contribution in [0.3, 0.4) is 0 Å². The molecular weight excluding hydrogens is 128 g/mol. The fourth-order valence-electron chi connectivity index (χ4n) is 0.611. The second kappa shape index (κ2) is 3.06. The van der Waals surface area contributed by atoms with E-state index in [4.69, 9.17) is 4.74 Å². The fraction of sp³-hybridized carbons (Fsp3) is 0.286. The van der Waals surface area contributed by atoms with Crippen LogP contribution in [-0.2, 0) is 0 Å². The number of aromatic nitrogens is 2. The van der Waals surface area contributed by atoms with Gasteiger partial charge in [0.05, 0.1) is 0 Å². The summed E-state index contributed by atoms with van der Waals surface area (Å²) in [5, 5.41) is 6.63. The maximum absolute atomic E-state index is 5.12. The topological polar surface area (TPSA) is 37.9 Å². The molecule has 0 radical (unpaired) electrons. The zero-order valence-corrected chi connectivity index (χ0v) is 5.92. The van der Waals surface area contributed by atoms with Crippen LogP contribution in [0, 0.1) is 6.92 Å². The van der Waals surface area contributed by atoms with Gasteiger partial charge in [-0.05, 0) is 6.92 Å². The summed E-state index contributed by atoms with van der Waals surface area (Å²) in [6, 6.07) is 1.84. The molecule has 1 rings (SSSR count). The maximum Gasteiger partial charge on any atom is 0.233 e. The molecule has 1 aromatic rings. The third kappa shape index (κ3) is 1.62. The Morgan fingerprint density at radius 1 is 1.90 bits per heavy atom. The van der Waals surface area contributed by atoms with Gasteiger partial charge in [0, 0.05) is 11.8 Å². The quantitative estimate of drug-likeness (QED) is 0.639. The van der Waals surface area contributed by atoms with Crippen molar-refractivity contribution >= 4 is 0 Å². The first-order valence-electron chi connectivity index (χ1n) is 3.08. The van der Waals surface area contributed by atoms with Crippen molar-refractivity contribution in [2.75, 3.05) is 6.61 Å². The molecular formula is C7H10N2O. The number of nitrogens with one attached hydrogen (secondary N) is 1. The van der Waals surface area contributed by atoms with E-state index in [1.165, 1.54) is 0 Å². The summed E-state index contributed by atoms with van der Waals surface area (Å²) in [4.78, 5) is 0. The highest BCUT2D eigenvalue weighted by Crippen LogP contribution is 2.05. The minimum Gasteiger partial charge on any atom is -0.472 e. The molecule has 0 aliphatic rings. The lowest BCUT2D eigenvalue weighted by Gasteiger charge is -1.93. The van der Waals surface area contributed by atoms with Crippen molar-refractivity contribution in [1.29, 1.82) is 0 Å². The van der Waals surface area contributed by atoms with Gasteiger partial charge in [0.2, 0.25) is 5.88 Å². The Hall–Kier alpha value is -1.25. The summed E-state index contributed by atoms with van der Waals surface area (Å²) in [7, 11) is 0. The highest BCUT2D eigenvalue weighted by molar-refractivity contribution is 5.12. The number of hydrogen-bond donors (Lipinski definition) is 1. The molecule has 1 N–H and O–H groups in total. The van der Waals surface area contributed by atoms with Gasteiger partial charge in [-0.1, -0.05) is 12.7 Å². The molecule has 3 heteroatoms. The van der Waals surface area contributed by atoms with Crippen LogP contribution < -0.4 is 4.74 Å². The number of ether oxygens (including phenoxy) is 1. The van der Waals surface area contributed by atoms with Crippen molar-refractivity contribution in [2.45, 2.75) is 6.92 Å². The van der Waals surface area contributed by atoms with Gasteiger partial charge < -0.3 is 4.74 Å². The molecule has 54 valence electrons. The highest BCUT2D eigenvalue weighted by atomic mass is 16.5. The Balaban J connectivity index is 2.49. The second-order valence-corrected chi connectivity index (χ2v) is 1.99. The number of nitrogens with zero attached hydrogens (tertiary/aromatic N) is 1. The summed E-state index contributed by atoms with van der Waals surface area (Å²) in [5.74, 6) is 0.623. The maximum atomic E-state index is 5.12. The largest absolute Gasteiger partial charge is 0.472 e. The Kier molecular flexibility index (Phi) is 2.10. The average Bonchev–Trinajstić information content (AvgIpc) is 2.31. The van der Waals surface area contributed by atoms with Crippen molar-refractivity contribution in [3.8, 4) is 5.88 Å². The molecule has 0 unspecified atom stereocenters. The SMILES string of the molecule is C=CCOc1cc(C)[nH]n1. The van der Waals surface area contributed by atoms with Gasteiger partial charge in [-0.2, -0.15) is 0 Å². The molecule has 1 heterocycles. The lowest BCUT2D eigenvalue weighted by atomic mass is 10.5. The third-order valence-corrected chi connectivity index (χ3v) is 1.03. The van der Waals surface area contributed by atoms with Crippen molar-refractivity contribution in [1.82, 2.24) is 10.2 Å². The minimum atomic E-state index is 0.504. The molecule has 0 fully saturated rings. The lowest BCUT2D eigenvalue weighted by molar-refractivity contribution is 0.348. The van der Waals surface area contributed by atoms with E-state index >= 15 is 0 Å². The smallest absolute Gasteiger partial charge is 0.233 e. The molecule has 3 nitrogen and oxygen atoms in total. The van der Waals surface area contributed by atoms with E-state index in [1.807, 2.05) is 13.0 Å². The fourth-order valence-corrected chi connectivity index (χ4v) is 0.611. The highest BCUT2D eigenvalue weighted by Gasteiger charge is 1.94. The monoisotopic (exact) mass is 138 g/mol. The Morgan fingerprint density at radius 3 is 3.20 bits per heavy atom. The van der Waals surface area contributed by atoms with Gasteiger partial charge in [-0.25, -0.2) is 0 Å². The van der Waals surface area contributed by atoms with Gasteiger partial charge >= 0.3 is 0 Å². The van der Waals surface area contributed by atoms with Crippen molar-refractivity contribution in [3.63, 3.8) is 0 Å². The van der Waals surface area contributed by atoms with E-state index in [-0.39, 0.29) is 0 Å². The number of aryl methyl sites for hydroxylation is 1. The molecule has 10 heavy (non-hydrogen) atoms. The zero-order valence-electron chi connectivity index (χ0n) is 5.92. The van der Waals surface area contributed by atoms with E-state index in [1.54, 1.807) is 6.08 Å². The van der Waals surface area contributed by atoms with E-state index in [2.05, 4.69) is 16.8 Å². The summed E-state index contributed by atoms with van der Waals surface area (Å²) in [6.07, 6.45) is 1.68. The van der Waals surface area contributed by atoms with Crippen molar-refractivity contribution < 1.29 is 4.74 Å². The van der Waals surface area contributed by atoms with E-state index in [0.717, 1.165) is 5.69 Å². The molecule has 0 aliphatic heterocycles. The van der Waals surface area contributed by atoms with E-state index in [9.17, 15) is 0 Å². The van der Waals surface area contributed by atoms with Crippen molar-refractivity contribution in [3.05, 3.63) is 24.4 Å². The lowest BCUT2D eigenvalue weighted by Crippen LogP contribution is -1.91. The molecule has 0 saturated heterocycles. The van der Waals surface area contributed by atoms with Crippen LogP contribution in [0.2, 0.25) is 0 Å². The van der Waals surface area contributed by atoms with Crippen LogP contribution in [0.15, 0.2) is 18.7 Å². The summed E-state index contributed by atoms with van der Waals surface area (Å²) >= 11 is 0. The van der Waals surface area contributed by atoms with Crippen LogP contribution in [0.1, 0.15) is 5.69 Å². The number of aromatic amines is 1. The van der Waals surface area contributed by atoms with E-state index in [0.29, 0.717) is 12.5 Å². The van der Waals surface area contributed by atoms with Crippen LogP contribution in [-0.4, -0.2) is 16.8 Å². The molecule has 0 atom stereocenters. The Bertz CT molecular complexity index is 217. The molecule has 0 aromatic carbocycles. The van der Waals surface area contributed by atoms with Gasteiger partial charge in [0.1, 0.15) is 6.61 Å². The Labute approximate surface area is 59.7 Å². The number of H-pyrrole nitrogens is 1. The summed E-state index contributed by atoms with van der Waals surface area (Å²) in [5.41, 5.74) is 0.999. The first-order valence-corrected chi connectivity index (χ1v) is 3.08. The standard InChI is InChI=1S/C7H10N2O/c1-3-4-10-7-5-6(2)8-9-7/h3,5H,1,4H2,2H3,(H,8,9). The minimum absolute atomic E-state index is 0.504. The predicted molar refractivity (Wildman–Crippen MR) is 39.0 cm³/mol. The van der Waals surface area contributed by atoms with Crippen LogP contribution >= 0.6 is 0 Å². The second-order valence-electron chi connectivity index (χ2n) is 1.99. The summed E-state index contributed by atoms with van der Waals surface area (Å²) in [6.45, 7) is 5.95. The van der Waals surface area contributed by atoms with Gasteiger partial charge in [0.25, 0.3) is 0 Å².